The molecule has 302 valence electrons. The molecule has 0 aliphatic heterocycles. The van der Waals surface area contributed by atoms with Crippen LogP contribution in [0.15, 0.2) is 248 Å². The smallest absolute Gasteiger partial charge is 0.0547 e. The van der Waals surface area contributed by atoms with Gasteiger partial charge in [0.05, 0.1) is 11.0 Å². The lowest BCUT2D eigenvalue weighted by atomic mass is 9.92. The molecule has 64 heavy (non-hydrogen) atoms. The Morgan fingerprint density at radius 2 is 0.984 bits per heavy atom. The number of fused-ring (bicyclic) bond motifs is 5. The summed E-state index contributed by atoms with van der Waals surface area (Å²) in [5.41, 5.74) is 17.0. The van der Waals surface area contributed by atoms with Gasteiger partial charge in [-0.2, -0.15) is 0 Å². The molecule has 0 amide bonds. The molecule has 0 bridgehead atoms. The highest BCUT2D eigenvalue weighted by molar-refractivity contribution is 6.16. The minimum Gasteiger partial charge on any atom is -0.314 e. The van der Waals surface area contributed by atoms with E-state index in [1.54, 1.807) is 0 Å². The molecule has 11 aromatic rings. The molecular formula is C62H44N2. The topological polar surface area (TPSA) is 8.17 Å². The van der Waals surface area contributed by atoms with Crippen LogP contribution in [0.2, 0.25) is 0 Å². The number of aromatic nitrogens is 1. The molecule has 0 saturated heterocycles. The van der Waals surface area contributed by atoms with Crippen LogP contribution in [0.25, 0.3) is 88.0 Å². The van der Waals surface area contributed by atoms with Crippen molar-refractivity contribution in [3.63, 3.8) is 0 Å². The van der Waals surface area contributed by atoms with Crippen molar-refractivity contribution in [3.8, 4) is 39.1 Å². The van der Waals surface area contributed by atoms with Crippen molar-refractivity contribution in [1.82, 2.24) is 4.57 Å². The minimum absolute atomic E-state index is 0.936. The Morgan fingerprint density at radius 3 is 1.83 bits per heavy atom. The van der Waals surface area contributed by atoms with Gasteiger partial charge in [0.15, 0.2) is 0 Å². The second-order valence-corrected chi connectivity index (χ2v) is 16.8. The van der Waals surface area contributed by atoms with Gasteiger partial charge in [-0.25, -0.2) is 0 Å². The Kier molecular flexibility index (Phi) is 9.34. The van der Waals surface area contributed by atoms with Crippen LogP contribution in [0.5, 0.6) is 0 Å². The van der Waals surface area contributed by atoms with Gasteiger partial charge in [-0.15, -0.1) is 0 Å². The van der Waals surface area contributed by atoms with E-state index >= 15 is 0 Å². The average Bonchev–Trinajstić information content (AvgIpc) is 3.72. The summed E-state index contributed by atoms with van der Waals surface area (Å²) in [7, 11) is 0. The summed E-state index contributed by atoms with van der Waals surface area (Å²) in [6.45, 7) is 0. The number of benzene rings is 10. The molecule has 0 radical (unpaired) electrons. The van der Waals surface area contributed by atoms with E-state index in [0.29, 0.717) is 0 Å². The van der Waals surface area contributed by atoms with Crippen LogP contribution < -0.4 is 4.90 Å². The van der Waals surface area contributed by atoms with Crippen LogP contribution in [-0.2, 0) is 0 Å². The fourth-order valence-corrected chi connectivity index (χ4v) is 9.96. The lowest BCUT2D eigenvalue weighted by molar-refractivity contribution is 0.922. The van der Waals surface area contributed by atoms with Gasteiger partial charge in [0, 0.05) is 33.5 Å². The number of hydrogen-bond acceptors (Lipinski definition) is 1. The normalized spacial score (nSPS) is 12.8. The number of allylic oxidation sites excluding steroid dienone is 4. The third-order valence-electron chi connectivity index (χ3n) is 13.0. The lowest BCUT2D eigenvalue weighted by Crippen LogP contribution is -2.18. The van der Waals surface area contributed by atoms with Crippen LogP contribution in [0.3, 0.4) is 0 Å². The zero-order chi connectivity index (χ0) is 42.4. The Morgan fingerprint density at radius 1 is 0.375 bits per heavy atom. The molecule has 0 N–H and O–H groups in total. The number of anilines is 2. The molecule has 12 rings (SSSR count). The Labute approximate surface area is 373 Å². The summed E-state index contributed by atoms with van der Waals surface area (Å²) in [5.74, 6) is 0. The fourth-order valence-electron chi connectivity index (χ4n) is 9.96. The van der Waals surface area contributed by atoms with E-state index in [-0.39, 0.29) is 0 Å². The molecule has 0 atom stereocenters. The van der Waals surface area contributed by atoms with Crippen LogP contribution >= 0.6 is 0 Å². The highest BCUT2D eigenvalue weighted by Gasteiger charge is 2.20. The van der Waals surface area contributed by atoms with E-state index < -0.39 is 0 Å². The van der Waals surface area contributed by atoms with Gasteiger partial charge in [0.25, 0.3) is 0 Å². The van der Waals surface area contributed by atoms with E-state index in [2.05, 4.69) is 252 Å². The largest absolute Gasteiger partial charge is 0.314 e. The van der Waals surface area contributed by atoms with E-state index in [1.165, 1.54) is 99.3 Å². The van der Waals surface area contributed by atoms with Crippen LogP contribution in [-0.4, -0.2) is 4.57 Å². The maximum Gasteiger partial charge on any atom is 0.0547 e. The van der Waals surface area contributed by atoms with Crippen molar-refractivity contribution in [2.75, 3.05) is 4.90 Å². The van der Waals surface area contributed by atoms with Gasteiger partial charge in [0.1, 0.15) is 0 Å². The summed E-state index contributed by atoms with van der Waals surface area (Å²) < 4.78 is 2.40. The number of nitrogens with zero attached hydrogens (tertiary/aromatic N) is 2. The van der Waals surface area contributed by atoms with Gasteiger partial charge in [-0.1, -0.05) is 182 Å². The van der Waals surface area contributed by atoms with Gasteiger partial charge >= 0.3 is 0 Å². The van der Waals surface area contributed by atoms with Gasteiger partial charge in [-0.05, 0) is 140 Å². The second kappa shape index (κ2) is 15.9. The standard InChI is InChI=1S/C62H44N2/c1-2-21-52(22-3-1)64-60-28-9-8-25-59(60)62-58(27-13-29-61(62)64)51-20-10-18-48(40-51)50-19-11-23-54(42-50)63(55-39-36-43-14-4-5-16-49(43)41-55)53-37-34-45(35-38-53)44-30-32-47(33-31-44)57-26-12-17-46-15-6-7-24-56(46)57/h1-10,12-22,24-42H,11,23H2. The molecule has 0 saturated carbocycles. The van der Waals surface area contributed by atoms with Crippen molar-refractivity contribution in [1.29, 1.82) is 0 Å². The first kappa shape index (κ1) is 37.6. The maximum atomic E-state index is 2.47. The molecule has 0 spiro atoms. The van der Waals surface area contributed by atoms with Crippen molar-refractivity contribution in [2.45, 2.75) is 12.8 Å². The summed E-state index contributed by atoms with van der Waals surface area (Å²) in [4.78, 5) is 2.47. The van der Waals surface area contributed by atoms with Gasteiger partial charge in [0.2, 0.25) is 0 Å². The number of para-hydroxylation sites is 2. The van der Waals surface area contributed by atoms with E-state index in [9.17, 15) is 0 Å². The third-order valence-corrected chi connectivity index (χ3v) is 13.0. The quantitative estimate of drug-likeness (QED) is 0.148. The number of rotatable bonds is 8. The summed E-state index contributed by atoms with van der Waals surface area (Å²) in [6, 6.07) is 84.2. The first-order valence-electron chi connectivity index (χ1n) is 22.3. The van der Waals surface area contributed by atoms with Gasteiger partial charge < -0.3 is 9.47 Å². The molecular weight excluding hydrogens is 773 g/mol. The molecule has 1 aliphatic rings. The molecule has 0 unspecified atom stereocenters. The summed E-state index contributed by atoms with van der Waals surface area (Å²) >= 11 is 0. The van der Waals surface area contributed by atoms with Gasteiger partial charge in [-0.3, -0.25) is 0 Å². The number of hydrogen-bond donors (Lipinski definition) is 0. The van der Waals surface area contributed by atoms with Crippen molar-refractivity contribution in [2.24, 2.45) is 0 Å². The van der Waals surface area contributed by atoms with E-state index in [1.807, 2.05) is 0 Å². The van der Waals surface area contributed by atoms with E-state index in [0.717, 1.165) is 24.2 Å². The van der Waals surface area contributed by atoms with E-state index in [4.69, 9.17) is 0 Å². The molecule has 1 aromatic heterocycles. The van der Waals surface area contributed by atoms with Crippen molar-refractivity contribution in [3.05, 3.63) is 254 Å². The Balaban J connectivity index is 0.908. The predicted molar refractivity (Wildman–Crippen MR) is 272 cm³/mol. The third kappa shape index (κ3) is 6.68. The molecule has 2 nitrogen and oxygen atoms in total. The zero-order valence-corrected chi connectivity index (χ0v) is 35.4. The average molecular weight is 817 g/mol. The Hall–Kier alpha value is -8.20. The molecule has 1 heterocycles. The highest BCUT2D eigenvalue weighted by Crippen LogP contribution is 2.42. The zero-order valence-electron chi connectivity index (χ0n) is 35.4. The first-order valence-corrected chi connectivity index (χ1v) is 22.3. The lowest BCUT2D eigenvalue weighted by Gasteiger charge is -2.30. The van der Waals surface area contributed by atoms with Crippen molar-refractivity contribution >= 4 is 60.3 Å². The molecule has 10 aromatic carbocycles. The minimum atomic E-state index is 0.936. The Bertz CT molecular complexity index is 3580. The summed E-state index contributed by atoms with van der Waals surface area (Å²) in [5, 5.41) is 7.55. The maximum absolute atomic E-state index is 2.47. The van der Waals surface area contributed by atoms with Crippen LogP contribution in [0.4, 0.5) is 11.4 Å². The fraction of sp³-hybridized carbons (Fsp3) is 0.0323. The van der Waals surface area contributed by atoms with Crippen LogP contribution in [0, 0.1) is 0 Å². The molecule has 2 heteroatoms. The first-order chi connectivity index (χ1) is 31.7. The van der Waals surface area contributed by atoms with Crippen LogP contribution in [0.1, 0.15) is 18.4 Å². The predicted octanol–water partition coefficient (Wildman–Crippen LogP) is 17.0. The highest BCUT2D eigenvalue weighted by atomic mass is 15.1. The second-order valence-electron chi connectivity index (χ2n) is 16.8. The monoisotopic (exact) mass is 816 g/mol. The summed E-state index contributed by atoms with van der Waals surface area (Å²) in [6.07, 6.45) is 6.72. The molecule has 0 fully saturated rings. The molecule has 1 aliphatic carbocycles. The van der Waals surface area contributed by atoms with Crippen molar-refractivity contribution < 1.29 is 0 Å². The SMILES string of the molecule is C1=C(c2cccc(-c3cccc4c3c3ccccc3n4-c3ccccc3)c2)C=C(N(c2ccc(-c3ccc(-c4cccc5ccccc45)cc3)cc2)c2ccc3ccccc3c2)CC1.